The number of ether oxygens (including phenoxy) is 1. The lowest BCUT2D eigenvalue weighted by molar-refractivity contribution is -0.112. The molecule has 3 heterocycles. The Morgan fingerprint density at radius 2 is 1.68 bits per heavy atom. The number of rotatable bonds is 9. The van der Waals surface area contributed by atoms with Crippen LogP contribution in [-0.4, -0.2) is 89.2 Å². The van der Waals surface area contributed by atoms with Crippen molar-refractivity contribution < 1.29 is 19.7 Å². The van der Waals surface area contributed by atoms with Crippen molar-refractivity contribution in [3.05, 3.63) is 53.1 Å². The van der Waals surface area contributed by atoms with Crippen LogP contribution < -0.4 is 10.6 Å². The number of amides is 1. The second-order valence-electron chi connectivity index (χ2n) is 11.9. The van der Waals surface area contributed by atoms with Crippen LogP contribution in [0.5, 0.6) is 11.5 Å². The van der Waals surface area contributed by atoms with Crippen molar-refractivity contribution >= 4 is 17.4 Å². The molecular weight excluding hydrogens is 520 g/mol. The van der Waals surface area contributed by atoms with E-state index in [1.54, 1.807) is 0 Å². The van der Waals surface area contributed by atoms with Crippen LogP contribution in [-0.2, 0) is 16.1 Å². The first-order valence-electron chi connectivity index (χ1n) is 14.8. The summed E-state index contributed by atoms with van der Waals surface area (Å²) in [5.41, 5.74) is 9.11. The molecule has 3 aliphatic rings. The van der Waals surface area contributed by atoms with Gasteiger partial charge in [-0.15, -0.1) is 0 Å². The molecule has 2 saturated heterocycles. The molecule has 4 N–H and O–H groups in total. The molecule has 41 heavy (non-hydrogen) atoms. The molecule has 10 heteroatoms. The van der Waals surface area contributed by atoms with Crippen molar-refractivity contribution in [1.82, 2.24) is 14.8 Å². The molecule has 0 aliphatic carbocycles. The molecular formula is C31H44N6O4. The van der Waals surface area contributed by atoms with Crippen LogP contribution in [0.15, 0.2) is 41.5 Å². The van der Waals surface area contributed by atoms with Gasteiger partial charge in [0.25, 0.3) is 5.91 Å². The number of carbonyl (C=O) groups excluding carboxylic acids is 1. The number of anilines is 1. The first-order chi connectivity index (χ1) is 19.7. The number of hydrogen-bond acceptors (Lipinski definition) is 9. The summed E-state index contributed by atoms with van der Waals surface area (Å²) >= 11 is 0. The fraction of sp³-hybridized carbons (Fsp3) is 0.548. The first kappa shape index (κ1) is 29.2. The molecule has 222 valence electrons. The van der Waals surface area contributed by atoms with E-state index in [-0.39, 0.29) is 23.3 Å². The predicted octanol–water partition coefficient (Wildman–Crippen LogP) is 3.40. The molecule has 1 amide bonds. The molecule has 10 nitrogen and oxygen atoms in total. The van der Waals surface area contributed by atoms with Gasteiger partial charge in [-0.1, -0.05) is 32.9 Å². The van der Waals surface area contributed by atoms with Gasteiger partial charge in [-0.25, -0.2) is 0 Å². The number of piperidine rings is 1. The number of phenols is 2. The Kier molecular flexibility index (Phi) is 9.01. The summed E-state index contributed by atoms with van der Waals surface area (Å²) in [4.78, 5) is 19.4. The number of aromatic hydroxyl groups is 2. The fourth-order valence-electron chi connectivity index (χ4n) is 5.97. The zero-order chi connectivity index (χ0) is 29.1. The van der Waals surface area contributed by atoms with Crippen LogP contribution in [0.3, 0.4) is 0 Å². The van der Waals surface area contributed by atoms with Gasteiger partial charge in [-0.05, 0) is 67.1 Å². The molecule has 0 saturated carbocycles. The van der Waals surface area contributed by atoms with Crippen molar-refractivity contribution in [2.45, 2.75) is 52.2 Å². The standard InChI is InChI=1S/C31H44N6O4/c1-21(2)25-18-26(28(39)19-27(25)38)31-36(13-12-34-10-8-22(3)9-11-34)33-30(29(32)40)37(31)24-6-4-23(5-7-24)20-35-14-16-41-17-15-35/h4-7,18-19,21-22,31,38-39H,8-17,20H2,1-3H3,(H2,32,40). The molecule has 3 aliphatic heterocycles. The Bertz CT molecular complexity index is 1240. The monoisotopic (exact) mass is 564 g/mol. The summed E-state index contributed by atoms with van der Waals surface area (Å²) in [6.45, 7) is 13.8. The van der Waals surface area contributed by atoms with Crippen molar-refractivity contribution in [3.8, 4) is 11.5 Å². The first-order valence-corrected chi connectivity index (χ1v) is 14.8. The Balaban J connectivity index is 1.48. The van der Waals surface area contributed by atoms with Crippen molar-refractivity contribution in [2.24, 2.45) is 16.8 Å². The van der Waals surface area contributed by atoms with Crippen LogP contribution in [0, 0.1) is 5.92 Å². The molecule has 1 atom stereocenters. The zero-order valence-corrected chi connectivity index (χ0v) is 24.5. The van der Waals surface area contributed by atoms with Gasteiger partial charge in [-0.2, -0.15) is 5.10 Å². The summed E-state index contributed by atoms with van der Waals surface area (Å²) in [7, 11) is 0. The average Bonchev–Trinajstić information content (AvgIpc) is 3.33. The van der Waals surface area contributed by atoms with E-state index in [0.29, 0.717) is 12.1 Å². The Hall–Kier alpha value is -3.34. The molecule has 0 radical (unpaired) electrons. The number of phenolic OH excluding ortho intramolecular Hbond substituents is 2. The van der Waals surface area contributed by atoms with E-state index in [0.717, 1.165) is 75.2 Å². The maximum atomic E-state index is 12.8. The molecule has 2 fully saturated rings. The largest absolute Gasteiger partial charge is 0.508 e. The molecule has 0 bridgehead atoms. The van der Waals surface area contributed by atoms with E-state index < -0.39 is 12.1 Å². The van der Waals surface area contributed by atoms with Gasteiger partial charge in [0.15, 0.2) is 6.17 Å². The van der Waals surface area contributed by atoms with E-state index in [4.69, 9.17) is 15.6 Å². The molecule has 5 rings (SSSR count). The van der Waals surface area contributed by atoms with E-state index in [9.17, 15) is 15.0 Å². The number of hydrazone groups is 1. The second-order valence-corrected chi connectivity index (χ2v) is 11.9. The lowest BCUT2D eigenvalue weighted by Crippen LogP contribution is -2.43. The lowest BCUT2D eigenvalue weighted by Gasteiger charge is -2.35. The van der Waals surface area contributed by atoms with Crippen LogP contribution in [0.25, 0.3) is 0 Å². The van der Waals surface area contributed by atoms with Gasteiger partial charge < -0.3 is 25.6 Å². The minimum absolute atomic E-state index is 0.0315. The van der Waals surface area contributed by atoms with Gasteiger partial charge in [-0.3, -0.25) is 19.6 Å². The van der Waals surface area contributed by atoms with Crippen molar-refractivity contribution in [1.29, 1.82) is 0 Å². The van der Waals surface area contributed by atoms with Crippen LogP contribution in [0.4, 0.5) is 5.69 Å². The molecule has 2 aromatic carbocycles. The third-order valence-corrected chi connectivity index (χ3v) is 8.52. The van der Waals surface area contributed by atoms with Crippen molar-refractivity contribution in [3.63, 3.8) is 0 Å². The molecule has 1 unspecified atom stereocenters. The number of nitrogens with two attached hydrogens (primary N) is 1. The number of morpholine rings is 1. The van der Waals surface area contributed by atoms with Gasteiger partial charge in [0.2, 0.25) is 5.84 Å². The SMILES string of the molecule is CC1CCN(CCN2N=C(C(N)=O)N(c3ccc(CN4CCOCC4)cc3)C2c2cc(C(C)C)c(O)cc2O)CC1. The Labute approximate surface area is 243 Å². The fourth-order valence-corrected chi connectivity index (χ4v) is 5.97. The van der Waals surface area contributed by atoms with E-state index in [1.165, 1.54) is 18.9 Å². The van der Waals surface area contributed by atoms with Gasteiger partial charge >= 0.3 is 0 Å². The molecule has 0 spiro atoms. The highest BCUT2D eigenvalue weighted by Gasteiger charge is 2.40. The minimum Gasteiger partial charge on any atom is -0.508 e. The Morgan fingerprint density at radius 3 is 2.32 bits per heavy atom. The van der Waals surface area contributed by atoms with E-state index in [2.05, 4.69) is 28.9 Å². The lowest BCUT2D eigenvalue weighted by atomic mass is 9.97. The quantitative estimate of drug-likeness (QED) is 0.424. The molecule has 2 aromatic rings. The van der Waals surface area contributed by atoms with Crippen LogP contribution >= 0.6 is 0 Å². The smallest absolute Gasteiger partial charge is 0.286 e. The normalized spacial score (nSPS) is 21.1. The Morgan fingerprint density at radius 1 is 1.00 bits per heavy atom. The highest BCUT2D eigenvalue weighted by Crippen LogP contribution is 2.42. The van der Waals surface area contributed by atoms with Crippen LogP contribution in [0.2, 0.25) is 0 Å². The summed E-state index contributed by atoms with van der Waals surface area (Å²) < 4.78 is 5.48. The van der Waals surface area contributed by atoms with E-state index in [1.807, 2.05) is 42.0 Å². The number of hydrogen-bond donors (Lipinski definition) is 3. The zero-order valence-electron chi connectivity index (χ0n) is 24.5. The number of nitrogens with zero attached hydrogens (tertiary/aromatic N) is 5. The average molecular weight is 565 g/mol. The van der Waals surface area contributed by atoms with Gasteiger partial charge in [0, 0.05) is 43.5 Å². The van der Waals surface area contributed by atoms with Gasteiger partial charge in [0.1, 0.15) is 11.5 Å². The summed E-state index contributed by atoms with van der Waals surface area (Å²) in [6.07, 6.45) is 1.72. The summed E-state index contributed by atoms with van der Waals surface area (Å²) in [6, 6.07) is 11.3. The number of benzene rings is 2. The maximum Gasteiger partial charge on any atom is 0.286 e. The number of carbonyl (C=O) groups is 1. The van der Waals surface area contributed by atoms with E-state index >= 15 is 0 Å². The van der Waals surface area contributed by atoms with Crippen LogP contribution in [0.1, 0.15) is 62.4 Å². The number of likely N-dealkylation sites (tertiary alicyclic amines) is 1. The van der Waals surface area contributed by atoms with Crippen molar-refractivity contribution in [2.75, 3.05) is 57.4 Å². The third-order valence-electron chi connectivity index (χ3n) is 8.52. The summed E-state index contributed by atoms with van der Waals surface area (Å²) in [5.74, 6) is 0.247. The highest BCUT2D eigenvalue weighted by molar-refractivity contribution is 6.43. The number of primary amides is 1. The summed E-state index contributed by atoms with van der Waals surface area (Å²) in [5, 5.41) is 28.3. The third kappa shape index (κ3) is 6.60. The highest BCUT2D eigenvalue weighted by atomic mass is 16.5. The maximum absolute atomic E-state index is 12.8. The number of amidine groups is 1. The minimum atomic E-state index is -0.635. The topological polar surface area (TPSA) is 118 Å². The van der Waals surface area contributed by atoms with Gasteiger partial charge in [0.05, 0.1) is 19.8 Å². The second kappa shape index (κ2) is 12.7. The predicted molar refractivity (Wildman–Crippen MR) is 160 cm³/mol. The molecule has 0 aromatic heterocycles.